The highest BCUT2D eigenvalue weighted by molar-refractivity contribution is 7.99. The number of para-hydroxylation sites is 1. The first-order chi connectivity index (χ1) is 12.7. The first-order valence-corrected chi connectivity index (χ1v) is 10.3. The number of aromatic nitrogens is 2. The molecular formula is C20H19N3OS2. The zero-order valence-electron chi connectivity index (χ0n) is 14.6. The van der Waals surface area contributed by atoms with Crippen LogP contribution in [-0.2, 0) is 4.79 Å². The van der Waals surface area contributed by atoms with E-state index in [1.165, 1.54) is 11.8 Å². The third-order valence-corrected chi connectivity index (χ3v) is 5.26. The van der Waals surface area contributed by atoms with Gasteiger partial charge in [0.1, 0.15) is 0 Å². The van der Waals surface area contributed by atoms with Crippen molar-refractivity contribution in [2.24, 2.45) is 0 Å². The molecule has 1 N–H and O–H groups in total. The van der Waals surface area contributed by atoms with Crippen molar-refractivity contribution >= 4 is 35.1 Å². The van der Waals surface area contributed by atoms with E-state index >= 15 is 0 Å². The average Bonchev–Trinajstić information content (AvgIpc) is 2.67. The minimum Gasteiger partial charge on any atom is -0.324 e. The molecule has 0 bridgehead atoms. The zero-order chi connectivity index (χ0) is 18.4. The Hall–Kier alpha value is -2.31. The zero-order valence-corrected chi connectivity index (χ0v) is 16.2. The lowest BCUT2D eigenvalue weighted by molar-refractivity contribution is -0.113. The number of hydrogen-bond donors (Lipinski definition) is 1. The van der Waals surface area contributed by atoms with Crippen LogP contribution in [-0.4, -0.2) is 27.9 Å². The molecule has 1 aromatic heterocycles. The Morgan fingerprint density at radius 1 is 1.04 bits per heavy atom. The summed E-state index contributed by atoms with van der Waals surface area (Å²) >= 11 is 2.95. The Bertz CT molecular complexity index is 901. The number of carbonyl (C=O) groups excluding carboxylic acids is 1. The predicted octanol–water partition coefficient (Wildman–Crippen LogP) is 4.90. The largest absolute Gasteiger partial charge is 0.324 e. The van der Waals surface area contributed by atoms with Gasteiger partial charge in [0.25, 0.3) is 0 Å². The molecule has 3 aromatic rings. The second kappa shape index (κ2) is 8.87. The number of nitrogens with zero attached hydrogens (tertiary/aromatic N) is 2. The molecule has 0 aliphatic heterocycles. The minimum absolute atomic E-state index is 0.0668. The van der Waals surface area contributed by atoms with Crippen LogP contribution in [0.4, 0.5) is 5.69 Å². The van der Waals surface area contributed by atoms with E-state index in [0.717, 1.165) is 27.5 Å². The molecule has 26 heavy (non-hydrogen) atoms. The monoisotopic (exact) mass is 381 g/mol. The standard InChI is InChI=1S/C20H19N3OS2/c1-14-12-17(15-8-4-3-5-9-15)23-20(21-14)26-13-19(24)22-16-10-6-7-11-18(16)25-2/h3-12H,13H2,1-2H3,(H,22,24). The summed E-state index contributed by atoms with van der Waals surface area (Å²) in [5, 5.41) is 3.56. The molecule has 132 valence electrons. The van der Waals surface area contributed by atoms with Crippen LogP contribution in [0.5, 0.6) is 0 Å². The number of carbonyl (C=O) groups is 1. The van der Waals surface area contributed by atoms with Crippen molar-refractivity contribution in [2.45, 2.75) is 17.0 Å². The second-order valence-electron chi connectivity index (χ2n) is 5.58. The second-order valence-corrected chi connectivity index (χ2v) is 7.37. The highest BCUT2D eigenvalue weighted by Crippen LogP contribution is 2.25. The van der Waals surface area contributed by atoms with Crippen LogP contribution in [0.25, 0.3) is 11.3 Å². The molecule has 0 aliphatic rings. The van der Waals surface area contributed by atoms with Gasteiger partial charge in [-0.3, -0.25) is 4.79 Å². The Balaban J connectivity index is 1.68. The van der Waals surface area contributed by atoms with Gasteiger partial charge in [-0.15, -0.1) is 11.8 Å². The Morgan fingerprint density at radius 3 is 2.54 bits per heavy atom. The molecule has 1 amide bonds. The van der Waals surface area contributed by atoms with E-state index < -0.39 is 0 Å². The maximum absolute atomic E-state index is 12.3. The summed E-state index contributed by atoms with van der Waals surface area (Å²) < 4.78 is 0. The maximum Gasteiger partial charge on any atom is 0.234 e. The molecule has 2 aromatic carbocycles. The van der Waals surface area contributed by atoms with Crippen molar-refractivity contribution in [3.05, 3.63) is 66.4 Å². The fourth-order valence-corrected chi connectivity index (χ4v) is 3.68. The summed E-state index contributed by atoms with van der Waals surface area (Å²) in [6.45, 7) is 1.94. The van der Waals surface area contributed by atoms with Crippen LogP contribution in [0.15, 0.2) is 70.7 Å². The van der Waals surface area contributed by atoms with Crippen molar-refractivity contribution < 1.29 is 4.79 Å². The Morgan fingerprint density at radius 2 is 1.77 bits per heavy atom. The molecule has 0 fully saturated rings. The van der Waals surface area contributed by atoms with Gasteiger partial charge in [-0.1, -0.05) is 54.2 Å². The van der Waals surface area contributed by atoms with Crippen molar-refractivity contribution in [1.29, 1.82) is 0 Å². The summed E-state index contributed by atoms with van der Waals surface area (Å²) in [5.41, 5.74) is 3.63. The van der Waals surface area contributed by atoms with Gasteiger partial charge in [0, 0.05) is 16.2 Å². The molecule has 6 heteroatoms. The quantitative estimate of drug-likeness (QED) is 0.486. The van der Waals surface area contributed by atoms with Gasteiger partial charge >= 0.3 is 0 Å². The number of benzene rings is 2. The van der Waals surface area contributed by atoms with Gasteiger partial charge in [0.15, 0.2) is 5.16 Å². The van der Waals surface area contributed by atoms with Gasteiger partial charge in [0.2, 0.25) is 5.91 Å². The fraction of sp³-hybridized carbons (Fsp3) is 0.150. The predicted molar refractivity (Wildman–Crippen MR) is 110 cm³/mol. The van der Waals surface area contributed by atoms with E-state index in [1.807, 2.05) is 73.8 Å². The Kier molecular flexibility index (Phi) is 6.30. The third kappa shape index (κ3) is 4.86. The number of aryl methyl sites for hydroxylation is 1. The van der Waals surface area contributed by atoms with Crippen LogP contribution >= 0.6 is 23.5 Å². The minimum atomic E-state index is -0.0668. The summed E-state index contributed by atoms with van der Waals surface area (Å²) in [6.07, 6.45) is 1.99. The third-order valence-electron chi connectivity index (χ3n) is 3.62. The van der Waals surface area contributed by atoms with Crippen LogP contribution in [0.2, 0.25) is 0 Å². The van der Waals surface area contributed by atoms with E-state index in [9.17, 15) is 4.79 Å². The molecular weight excluding hydrogens is 362 g/mol. The van der Waals surface area contributed by atoms with Crippen molar-refractivity contribution in [2.75, 3.05) is 17.3 Å². The van der Waals surface area contributed by atoms with Gasteiger partial charge in [-0.25, -0.2) is 9.97 Å². The summed E-state index contributed by atoms with van der Waals surface area (Å²) in [4.78, 5) is 22.4. The van der Waals surface area contributed by atoms with E-state index in [-0.39, 0.29) is 11.7 Å². The molecule has 0 radical (unpaired) electrons. The number of hydrogen-bond acceptors (Lipinski definition) is 5. The lowest BCUT2D eigenvalue weighted by Crippen LogP contribution is -2.15. The summed E-state index contributed by atoms with van der Waals surface area (Å²) in [5.74, 6) is 0.197. The topological polar surface area (TPSA) is 54.9 Å². The summed E-state index contributed by atoms with van der Waals surface area (Å²) in [7, 11) is 0. The highest BCUT2D eigenvalue weighted by Gasteiger charge is 2.10. The molecule has 0 atom stereocenters. The molecule has 0 saturated carbocycles. The SMILES string of the molecule is CSc1ccccc1NC(=O)CSc1nc(C)cc(-c2ccccc2)n1. The number of rotatable bonds is 6. The number of amides is 1. The first-order valence-electron chi connectivity index (χ1n) is 8.12. The first kappa shape index (κ1) is 18.5. The van der Waals surface area contributed by atoms with Crippen molar-refractivity contribution in [3.63, 3.8) is 0 Å². The van der Waals surface area contributed by atoms with E-state index in [1.54, 1.807) is 11.8 Å². The van der Waals surface area contributed by atoms with Crippen LogP contribution < -0.4 is 5.32 Å². The van der Waals surface area contributed by atoms with Gasteiger partial charge < -0.3 is 5.32 Å². The molecule has 1 heterocycles. The van der Waals surface area contributed by atoms with Crippen LogP contribution in [0.3, 0.4) is 0 Å². The summed E-state index contributed by atoms with van der Waals surface area (Å²) in [6, 6.07) is 19.7. The molecule has 0 aliphatic carbocycles. The van der Waals surface area contributed by atoms with E-state index in [2.05, 4.69) is 15.3 Å². The average molecular weight is 382 g/mol. The molecule has 3 rings (SSSR count). The van der Waals surface area contributed by atoms with Gasteiger partial charge in [-0.2, -0.15) is 0 Å². The van der Waals surface area contributed by atoms with E-state index in [4.69, 9.17) is 0 Å². The fourth-order valence-electron chi connectivity index (χ4n) is 2.43. The molecule has 0 unspecified atom stereocenters. The normalized spacial score (nSPS) is 10.5. The lowest BCUT2D eigenvalue weighted by atomic mass is 10.1. The van der Waals surface area contributed by atoms with Crippen molar-refractivity contribution in [1.82, 2.24) is 9.97 Å². The van der Waals surface area contributed by atoms with Crippen LogP contribution in [0, 0.1) is 6.92 Å². The van der Waals surface area contributed by atoms with Gasteiger partial charge in [-0.05, 0) is 31.4 Å². The molecule has 0 spiro atoms. The van der Waals surface area contributed by atoms with E-state index in [0.29, 0.717) is 5.16 Å². The smallest absolute Gasteiger partial charge is 0.234 e. The molecule has 4 nitrogen and oxygen atoms in total. The number of anilines is 1. The maximum atomic E-state index is 12.3. The molecule has 0 saturated heterocycles. The van der Waals surface area contributed by atoms with Crippen LogP contribution in [0.1, 0.15) is 5.69 Å². The van der Waals surface area contributed by atoms with Gasteiger partial charge in [0.05, 0.1) is 17.1 Å². The number of thioether (sulfide) groups is 2. The number of nitrogens with one attached hydrogen (secondary N) is 1. The Labute approximate surface area is 161 Å². The highest BCUT2D eigenvalue weighted by atomic mass is 32.2. The van der Waals surface area contributed by atoms with Crippen molar-refractivity contribution in [3.8, 4) is 11.3 Å². The lowest BCUT2D eigenvalue weighted by Gasteiger charge is -2.09.